The maximum absolute atomic E-state index is 12.1. The second-order valence-corrected chi connectivity index (χ2v) is 8.43. The molecule has 2 atom stereocenters. The monoisotopic (exact) mass is 429 g/mol. The van der Waals surface area contributed by atoms with Crippen molar-refractivity contribution in [2.75, 3.05) is 13.2 Å². The number of benzene rings is 2. The van der Waals surface area contributed by atoms with Crippen molar-refractivity contribution < 1.29 is 4.21 Å². The van der Waals surface area contributed by atoms with E-state index in [1.165, 1.54) is 5.56 Å². The quantitative estimate of drug-likeness (QED) is 0.318. The number of rotatable bonds is 6. The SMILES string of the molecule is CCNS(=O)c1ccc2c(PC)cnc(N=C(N)N)c2c1.CCc1ccccc1. The van der Waals surface area contributed by atoms with Crippen molar-refractivity contribution in [2.45, 2.75) is 25.2 Å². The van der Waals surface area contributed by atoms with E-state index in [1.807, 2.05) is 31.2 Å². The molecule has 0 saturated carbocycles. The first-order valence-electron chi connectivity index (χ1n) is 9.39. The zero-order valence-corrected chi connectivity index (χ0v) is 18.8. The van der Waals surface area contributed by atoms with Crippen LogP contribution in [0.2, 0.25) is 0 Å². The molecule has 3 aromatic rings. The van der Waals surface area contributed by atoms with Gasteiger partial charge in [0, 0.05) is 18.1 Å². The minimum atomic E-state index is -1.26. The summed E-state index contributed by atoms with van der Waals surface area (Å²) in [6, 6.07) is 16.1. The van der Waals surface area contributed by atoms with Crippen molar-refractivity contribution in [1.82, 2.24) is 9.71 Å². The van der Waals surface area contributed by atoms with Crippen LogP contribution in [0.1, 0.15) is 19.4 Å². The van der Waals surface area contributed by atoms with Crippen molar-refractivity contribution in [3.8, 4) is 0 Å². The highest BCUT2D eigenvalue weighted by atomic mass is 32.2. The molecule has 3 rings (SSSR count). The van der Waals surface area contributed by atoms with Crippen LogP contribution in [0.5, 0.6) is 0 Å². The van der Waals surface area contributed by atoms with Crippen molar-refractivity contribution >= 4 is 47.4 Å². The van der Waals surface area contributed by atoms with Crippen LogP contribution in [0.25, 0.3) is 10.8 Å². The number of aryl methyl sites for hydroxylation is 1. The topological polar surface area (TPSA) is 106 Å². The molecule has 29 heavy (non-hydrogen) atoms. The largest absolute Gasteiger partial charge is 0.370 e. The smallest absolute Gasteiger partial charge is 0.192 e. The molecule has 5 N–H and O–H groups in total. The van der Waals surface area contributed by atoms with Gasteiger partial charge in [-0.15, -0.1) is 0 Å². The van der Waals surface area contributed by atoms with Gasteiger partial charge in [0.05, 0.1) is 4.90 Å². The maximum atomic E-state index is 12.1. The van der Waals surface area contributed by atoms with Crippen molar-refractivity contribution in [3.63, 3.8) is 0 Å². The van der Waals surface area contributed by atoms with Gasteiger partial charge < -0.3 is 11.5 Å². The fraction of sp³-hybridized carbons (Fsp3) is 0.238. The highest BCUT2D eigenvalue weighted by molar-refractivity contribution is 7.83. The average molecular weight is 430 g/mol. The number of nitrogens with one attached hydrogen (secondary N) is 1. The van der Waals surface area contributed by atoms with E-state index in [9.17, 15) is 4.21 Å². The van der Waals surface area contributed by atoms with Gasteiger partial charge in [-0.3, -0.25) is 0 Å². The molecule has 6 nitrogen and oxygen atoms in total. The number of hydrogen-bond acceptors (Lipinski definition) is 3. The van der Waals surface area contributed by atoms with E-state index in [0.29, 0.717) is 25.8 Å². The first-order chi connectivity index (χ1) is 14.0. The summed E-state index contributed by atoms with van der Waals surface area (Å²) in [6.45, 7) is 6.78. The third-order valence-electron chi connectivity index (χ3n) is 4.08. The third kappa shape index (κ3) is 6.60. The third-order valence-corrected chi connectivity index (χ3v) is 6.25. The van der Waals surface area contributed by atoms with E-state index in [0.717, 1.165) is 22.5 Å². The Kier molecular flexibility index (Phi) is 9.19. The summed E-state index contributed by atoms with van der Waals surface area (Å²) >= 11 is 0. The Morgan fingerprint density at radius 2 is 1.86 bits per heavy atom. The van der Waals surface area contributed by atoms with E-state index in [2.05, 4.69) is 52.6 Å². The lowest BCUT2D eigenvalue weighted by molar-refractivity contribution is 0.674. The normalized spacial score (nSPS) is 11.8. The summed E-state index contributed by atoms with van der Waals surface area (Å²) in [4.78, 5) is 9.03. The van der Waals surface area contributed by atoms with E-state index >= 15 is 0 Å². The summed E-state index contributed by atoms with van der Waals surface area (Å²) in [5.41, 5.74) is 12.3. The lowest BCUT2D eigenvalue weighted by Crippen LogP contribution is -2.22. The van der Waals surface area contributed by atoms with Gasteiger partial charge in [0.2, 0.25) is 0 Å². The highest BCUT2D eigenvalue weighted by Gasteiger charge is 2.10. The number of aromatic nitrogens is 1. The van der Waals surface area contributed by atoms with Gasteiger partial charge in [-0.25, -0.2) is 13.9 Å². The Bertz CT molecular complexity index is 991. The van der Waals surface area contributed by atoms with Crippen molar-refractivity contribution in [3.05, 3.63) is 60.3 Å². The second-order valence-electron chi connectivity index (χ2n) is 6.10. The van der Waals surface area contributed by atoms with Gasteiger partial charge >= 0.3 is 0 Å². The Morgan fingerprint density at radius 1 is 1.14 bits per heavy atom. The number of aliphatic imine (C=N–C) groups is 1. The van der Waals surface area contributed by atoms with Gasteiger partial charge in [-0.2, -0.15) is 4.99 Å². The van der Waals surface area contributed by atoms with Crippen molar-refractivity contribution in [2.24, 2.45) is 16.5 Å². The van der Waals surface area contributed by atoms with E-state index < -0.39 is 11.0 Å². The van der Waals surface area contributed by atoms with Crippen LogP contribution in [0.4, 0.5) is 5.82 Å². The number of nitrogens with zero attached hydrogens (tertiary/aromatic N) is 2. The van der Waals surface area contributed by atoms with Crippen LogP contribution in [0.3, 0.4) is 0 Å². The molecular formula is C21H28N5OPS. The molecule has 0 bridgehead atoms. The minimum absolute atomic E-state index is 0.0475. The molecule has 0 spiro atoms. The number of fused-ring (bicyclic) bond motifs is 1. The molecule has 0 aliphatic heterocycles. The van der Waals surface area contributed by atoms with Gasteiger partial charge in [0.25, 0.3) is 0 Å². The van der Waals surface area contributed by atoms with Crippen LogP contribution < -0.4 is 21.5 Å². The zero-order chi connectivity index (χ0) is 21.2. The molecule has 0 radical (unpaired) electrons. The molecule has 0 aliphatic rings. The molecule has 8 heteroatoms. The number of hydrogen-bond donors (Lipinski definition) is 3. The van der Waals surface area contributed by atoms with Gasteiger partial charge in [-0.1, -0.05) is 58.8 Å². The van der Waals surface area contributed by atoms with Gasteiger partial charge in [0.15, 0.2) is 11.8 Å². The Labute approximate surface area is 176 Å². The molecule has 0 amide bonds. The lowest BCUT2D eigenvalue weighted by atomic mass is 10.1. The molecule has 1 heterocycles. The summed E-state index contributed by atoms with van der Waals surface area (Å²) in [5, 5.41) is 2.96. The van der Waals surface area contributed by atoms with Crippen LogP contribution in [-0.2, 0) is 17.4 Å². The second kappa shape index (κ2) is 11.6. The summed E-state index contributed by atoms with van der Waals surface area (Å²) < 4.78 is 15.0. The number of nitrogens with two attached hydrogens (primary N) is 2. The molecule has 0 saturated heterocycles. The molecule has 2 aromatic carbocycles. The van der Waals surface area contributed by atoms with Crippen molar-refractivity contribution in [1.29, 1.82) is 0 Å². The Hall–Kier alpha value is -2.34. The average Bonchev–Trinajstić information content (AvgIpc) is 2.74. The van der Waals surface area contributed by atoms with Gasteiger partial charge in [0.1, 0.15) is 11.0 Å². The number of guanidine groups is 1. The molecule has 1 aromatic heterocycles. The maximum Gasteiger partial charge on any atom is 0.192 e. The molecule has 2 unspecified atom stereocenters. The predicted molar refractivity (Wildman–Crippen MR) is 127 cm³/mol. The number of pyridine rings is 1. The fourth-order valence-corrected chi connectivity index (χ4v) is 4.19. The highest BCUT2D eigenvalue weighted by Crippen LogP contribution is 2.27. The van der Waals surface area contributed by atoms with Crippen LogP contribution >= 0.6 is 8.58 Å². The van der Waals surface area contributed by atoms with Crippen LogP contribution in [-0.4, -0.2) is 28.4 Å². The Morgan fingerprint density at radius 3 is 2.41 bits per heavy atom. The van der Waals surface area contributed by atoms with Crippen LogP contribution in [0.15, 0.2) is 64.6 Å². The predicted octanol–water partition coefficient (Wildman–Crippen LogP) is 2.95. The summed E-state index contributed by atoms with van der Waals surface area (Å²) in [7, 11) is -0.653. The molecule has 154 valence electrons. The first kappa shape index (κ1) is 22.9. The van der Waals surface area contributed by atoms with E-state index in [4.69, 9.17) is 11.5 Å². The molecule has 0 fully saturated rings. The lowest BCUT2D eigenvalue weighted by Gasteiger charge is -2.09. The molecule has 0 aliphatic carbocycles. The minimum Gasteiger partial charge on any atom is -0.370 e. The van der Waals surface area contributed by atoms with Gasteiger partial charge in [-0.05, 0) is 41.5 Å². The standard InChI is InChI=1S/C13H18N5OPS.C8H10/c1-3-17-21(19)8-4-5-9-10(6-8)12(18-13(14)15)16-7-11(9)20-2;1-2-8-6-4-3-5-7-8/h4-7,17,20H,3H2,1-2H3,(H4,14,15,16,18);3-7H,2H2,1H3. The van der Waals surface area contributed by atoms with E-state index in [1.54, 1.807) is 6.20 Å². The Balaban J connectivity index is 0.000000313. The van der Waals surface area contributed by atoms with E-state index in [-0.39, 0.29) is 5.96 Å². The summed E-state index contributed by atoms with van der Waals surface area (Å²) in [6.07, 6.45) is 2.92. The molecular weight excluding hydrogens is 401 g/mol. The fourth-order valence-electron chi connectivity index (χ4n) is 2.66. The van der Waals surface area contributed by atoms with Crippen LogP contribution in [0, 0.1) is 0 Å². The first-order valence-corrected chi connectivity index (χ1v) is 12.0. The zero-order valence-electron chi connectivity index (χ0n) is 17.0. The summed E-state index contributed by atoms with van der Waals surface area (Å²) in [5.74, 6) is 0.399.